The van der Waals surface area contributed by atoms with Gasteiger partial charge in [-0.15, -0.1) is 0 Å². The van der Waals surface area contributed by atoms with Crippen LogP contribution in [-0.2, 0) is 9.59 Å². The molecule has 7 nitrogen and oxygen atoms in total. The first kappa shape index (κ1) is 12.4. The molecule has 4 amide bonds. The lowest BCUT2D eigenvalue weighted by molar-refractivity contribution is -0.124. The van der Waals surface area contributed by atoms with Crippen molar-refractivity contribution in [2.24, 2.45) is 5.73 Å². The molecular weight excluding hydrogens is 212 g/mol. The Morgan fingerprint density at radius 3 is 2.88 bits per heavy atom. The summed E-state index contributed by atoms with van der Waals surface area (Å²) in [4.78, 5) is 34.4. The molecule has 7 heteroatoms. The number of imide groups is 1. The molecule has 1 rings (SSSR count). The second-order valence-electron chi connectivity index (χ2n) is 3.64. The molecule has 4 N–H and O–H groups in total. The number of urea groups is 1. The predicted octanol–water partition coefficient (Wildman–Crippen LogP) is -1.61. The number of nitrogens with zero attached hydrogens (tertiary/aromatic N) is 1. The Morgan fingerprint density at radius 2 is 2.25 bits per heavy atom. The molecule has 0 aromatic rings. The highest BCUT2D eigenvalue weighted by atomic mass is 16.2. The van der Waals surface area contributed by atoms with Gasteiger partial charge in [-0.1, -0.05) is 0 Å². The van der Waals surface area contributed by atoms with E-state index < -0.39 is 6.03 Å². The molecule has 0 atom stereocenters. The van der Waals surface area contributed by atoms with Gasteiger partial charge in [-0.05, 0) is 13.0 Å². The Morgan fingerprint density at radius 1 is 1.50 bits per heavy atom. The van der Waals surface area contributed by atoms with Crippen LogP contribution in [0.4, 0.5) is 4.79 Å². The fourth-order valence-corrected chi connectivity index (χ4v) is 1.55. The molecule has 16 heavy (non-hydrogen) atoms. The van der Waals surface area contributed by atoms with Gasteiger partial charge in [0, 0.05) is 19.5 Å². The van der Waals surface area contributed by atoms with E-state index in [4.69, 9.17) is 5.73 Å². The summed E-state index contributed by atoms with van der Waals surface area (Å²) < 4.78 is 0. The molecule has 0 bridgehead atoms. The highest BCUT2D eigenvalue weighted by Gasteiger charge is 2.15. The molecule has 1 heterocycles. The van der Waals surface area contributed by atoms with E-state index in [2.05, 4.69) is 5.32 Å². The van der Waals surface area contributed by atoms with Crippen LogP contribution in [0.1, 0.15) is 12.8 Å². The Labute approximate surface area is 93.3 Å². The van der Waals surface area contributed by atoms with Crippen LogP contribution >= 0.6 is 0 Å². The van der Waals surface area contributed by atoms with Crippen molar-refractivity contribution in [1.82, 2.24) is 15.5 Å². The molecule has 0 aliphatic carbocycles. The van der Waals surface area contributed by atoms with Gasteiger partial charge in [0.15, 0.2) is 0 Å². The summed E-state index contributed by atoms with van der Waals surface area (Å²) in [6.45, 7) is 2.48. The highest BCUT2D eigenvalue weighted by molar-refractivity contribution is 5.93. The molecule has 1 saturated heterocycles. The van der Waals surface area contributed by atoms with Crippen molar-refractivity contribution in [3.8, 4) is 0 Å². The van der Waals surface area contributed by atoms with Gasteiger partial charge in [0.05, 0.1) is 6.54 Å². The van der Waals surface area contributed by atoms with Gasteiger partial charge in [0.25, 0.3) is 0 Å². The average Bonchev–Trinajstić information content (AvgIpc) is 2.16. The van der Waals surface area contributed by atoms with Gasteiger partial charge >= 0.3 is 6.03 Å². The van der Waals surface area contributed by atoms with Crippen LogP contribution in [0.25, 0.3) is 0 Å². The summed E-state index contributed by atoms with van der Waals surface area (Å²) in [5.74, 6) is -0.373. The third kappa shape index (κ3) is 4.74. The summed E-state index contributed by atoms with van der Waals surface area (Å²) in [5.41, 5.74) is 4.79. The first-order valence-electron chi connectivity index (χ1n) is 5.16. The number of amides is 4. The van der Waals surface area contributed by atoms with E-state index in [1.54, 1.807) is 0 Å². The normalized spacial score (nSPS) is 16.6. The summed E-state index contributed by atoms with van der Waals surface area (Å²) in [5, 5.41) is 4.71. The molecule has 0 spiro atoms. The van der Waals surface area contributed by atoms with Crippen LogP contribution in [0, 0.1) is 0 Å². The lowest BCUT2D eigenvalue weighted by Gasteiger charge is -2.26. The summed E-state index contributed by atoms with van der Waals surface area (Å²) in [6.07, 6.45) is 0.841. The van der Waals surface area contributed by atoms with E-state index in [1.165, 1.54) is 0 Å². The predicted molar refractivity (Wildman–Crippen MR) is 56.4 cm³/mol. The van der Waals surface area contributed by atoms with Crippen LogP contribution in [-0.4, -0.2) is 48.9 Å². The Kier molecular flexibility index (Phi) is 4.71. The zero-order chi connectivity index (χ0) is 12.0. The van der Waals surface area contributed by atoms with Gasteiger partial charge in [-0.2, -0.15) is 0 Å². The van der Waals surface area contributed by atoms with E-state index in [-0.39, 0.29) is 18.2 Å². The SMILES string of the molecule is NC(=O)NC(=O)CCCN1CCNC(=O)C1. The number of hydrogen-bond donors (Lipinski definition) is 3. The smallest absolute Gasteiger partial charge is 0.318 e. The van der Waals surface area contributed by atoms with Gasteiger partial charge in [-0.3, -0.25) is 19.8 Å². The van der Waals surface area contributed by atoms with Crippen molar-refractivity contribution < 1.29 is 14.4 Å². The van der Waals surface area contributed by atoms with Crippen molar-refractivity contribution in [3.05, 3.63) is 0 Å². The summed E-state index contributed by atoms with van der Waals surface area (Å²) in [6, 6.07) is -0.831. The fourth-order valence-electron chi connectivity index (χ4n) is 1.55. The molecule has 90 valence electrons. The van der Waals surface area contributed by atoms with Gasteiger partial charge in [-0.25, -0.2) is 4.79 Å². The number of nitrogens with two attached hydrogens (primary N) is 1. The number of carbonyl (C=O) groups excluding carboxylic acids is 3. The van der Waals surface area contributed by atoms with E-state index in [9.17, 15) is 14.4 Å². The largest absolute Gasteiger partial charge is 0.354 e. The maximum atomic E-state index is 11.0. The summed E-state index contributed by atoms with van der Waals surface area (Å²) >= 11 is 0. The molecule has 0 saturated carbocycles. The van der Waals surface area contributed by atoms with Crippen LogP contribution < -0.4 is 16.4 Å². The highest BCUT2D eigenvalue weighted by Crippen LogP contribution is 1.98. The Bertz CT molecular complexity index is 292. The number of hydrogen-bond acceptors (Lipinski definition) is 4. The summed E-state index contributed by atoms with van der Waals surface area (Å²) in [7, 11) is 0. The second kappa shape index (κ2) is 6.06. The minimum absolute atomic E-state index is 0.00726. The third-order valence-corrected chi connectivity index (χ3v) is 2.26. The maximum absolute atomic E-state index is 11.0. The van der Waals surface area contributed by atoms with Crippen molar-refractivity contribution >= 4 is 17.8 Å². The third-order valence-electron chi connectivity index (χ3n) is 2.26. The van der Waals surface area contributed by atoms with Crippen molar-refractivity contribution in [3.63, 3.8) is 0 Å². The van der Waals surface area contributed by atoms with Gasteiger partial charge in [0.1, 0.15) is 0 Å². The van der Waals surface area contributed by atoms with Crippen LogP contribution in [0.5, 0.6) is 0 Å². The monoisotopic (exact) mass is 228 g/mol. The van der Waals surface area contributed by atoms with Crippen molar-refractivity contribution in [2.45, 2.75) is 12.8 Å². The Hall–Kier alpha value is -1.63. The van der Waals surface area contributed by atoms with Crippen LogP contribution in [0.2, 0.25) is 0 Å². The Balaban J connectivity index is 2.12. The minimum atomic E-state index is -0.831. The zero-order valence-electron chi connectivity index (χ0n) is 8.99. The van der Waals surface area contributed by atoms with Crippen molar-refractivity contribution in [2.75, 3.05) is 26.2 Å². The molecule has 0 aromatic heterocycles. The quantitative estimate of drug-likeness (QED) is 0.538. The zero-order valence-corrected chi connectivity index (χ0v) is 8.99. The first-order chi connectivity index (χ1) is 7.58. The average molecular weight is 228 g/mol. The van der Waals surface area contributed by atoms with E-state index >= 15 is 0 Å². The van der Waals surface area contributed by atoms with Crippen LogP contribution in [0.15, 0.2) is 0 Å². The van der Waals surface area contributed by atoms with E-state index in [0.29, 0.717) is 26.1 Å². The second-order valence-corrected chi connectivity index (χ2v) is 3.64. The number of nitrogens with one attached hydrogen (secondary N) is 2. The van der Waals surface area contributed by atoms with E-state index in [0.717, 1.165) is 6.54 Å². The minimum Gasteiger partial charge on any atom is -0.354 e. The number of primary amides is 1. The van der Waals surface area contributed by atoms with Gasteiger partial charge in [0.2, 0.25) is 11.8 Å². The van der Waals surface area contributed by atoms with Crippen molar-refractivity contribution in [1.29, 1.82) is 0 Å². The molecule has 1 aliphatic rings. The number of carbonyl (C=O) groups is 3. The lowest BCUT2D eigenvalue weighted by Crippen LogP contribution is -2.47. The standard InChI is InChI=1S/C9H16N4O3/c10-9(16)12-7(14)2-1-4-13-5-3-11-8(15)6-13/h1-6H2,(H,11,15)(H3,10,12,14,16). The van der Waals surface area contributed by atoms with Crippen LogP contribution in [0.3, 0.4) is 0 Å². The maximum Gasteiger partial charge on any atom is 0.318 e. The molecule has 1 fully saturated rings. The van der Waals surface area contributed by atoms with Gasteiger partial charge < -0.3 is 11.1 Å². The fraction of sp³-hybridized carbons (Fsp3) is 0.667. The number of piperazine rings is 1. The topological polar surface area (TPSA) is 105 Å². The lowest BCUT2D eigenvalue weighted by atomic mass is 10.2. The molecule has 1 aliphatic heterocycles. The molecule has 0 radical (unpaired) electrons. The molecular formula is C9H16N4O3. The number of rotatable bonds is 4. The van der Waals surface area contributed by atoms with E-state index in [1.807, 2.05) is 10.2 Å². The molecule has 0 aromatic carbocycles. The first-order valence-corrected chi connectivity index (χ1v) is 5.16. The molecule has 0 unspecified atom stereocenters.